The predicted molar refractivity (Wildman–Crippen MR) is 51.2 cm³/mol. The summed E-state index contributed by atoms with van der Waals surface area (Å²) in [6.45, 7) is 4.83. The SMILES string of the molecule is CN1CCC2(CC1)CN(N)CCO2. The van der Waals surface area contributed by atoms with Crippen LogP contribution in [-0.4, -0.2) is 55.3 Å². The van der Waals surface area contributed by atoms with Gasteiger partial charge >= 0.3 is 0 Å². The largest absolute Gasteiger partial charge is 0.372 e. The summed E-state index contributed by atoms with van der Waals surface area (Å²) in [4.78, 5) is 2.35. The molecule has 0 aromatic rings. The van der Waals surface area contributed by atoms with Crippen molar-refractivity contribution in [2.75, 3.05) is 39.8 Å². The first-order valence-corrected chi connectivity index (χ1v) is 5.02. The average Bonchev–Trinajstić information content (AvgIpc) is 2.11. The van der Waals surface area contributed by atoms with Gasteiger partial charge in [-0.05, 0) is 19.9 Å². The topological polar surface area (TPSA) is 41.7 Å². The van der Waals surface area contributed by atoms with E-state index in [0.717, 1.165) is 45.6 Å². The van der Waals surface area contributed by atoms with Crippen LogP contribution in [-0.2, 0) is 4.74 Å². The standard InChI is InChI=1S/C9H19N3O/c1-11-4-2-9(3-5-11)8-12(10)6-7-13-9/h2-8,10H2,1H3. The van der Waals surface area contributed by atoms with Gasteiger partial charge in [-0.1, -0.05) is 0 Å². The summed E-state index contributed by atoms with van der Waals surface area (Å²) in [7, 11) is 2.16. The maximum absolute atomic E-state index is 5.88. The monoisotopic (exact) mass is 185 g/mol. The molecule has 0 aromatic carbocycles. The van der Waals surface area contributed by atoms with Gasteiger partial charge in [0.1, 0.15) is 0 Å². The predicted octanol–water partition coefficient (Wildman–Crippen LogP) is -0.343. The highest BCUT2D eigenvalue weighted by Gasteiger charge is 2.38. The number of rotatable bonds is 0. The Morgan fingerprint density at radius 3 is 2.54 bits per heavy atom. The lowest BCUT2D eigenvalue weighted by atomic mass is 9.90. The molecule has 0 unspecified atom stereocenters. The molecule has 2 aliphatic heterocycles. The summed E-state index contributed by atoms with van der Waals surface area (Å²) in [5, 5.41) is 1.90. The van der Waals surface area contributed by atoms with Crippen molar-refractivity contribution < 1.29 is 4.74 Å². The number of piperidine rings is 1. The summed E-state index contributed by atoms with van der Waals surface area (Å²) in [5.41, 5.74) is 0.0690. The lowest BCUT2D eigenvalue weighted by Crippen LogP contribution is -2.58. The minimum atomic E-state index is 0.0690. The minimum absolute atomic E-state index is 0.0690. The number of hydrazine groups is 1. The Kier molecular flexibility index (Phi) is 2.55. The van der Waals surface area contributed by atoms with Crippen LogP contribution in [0.4, 0.5) is 0 Å². The summed E-state index contributed by atoms with van der Waals surface area (Å²) in [6.07, 6.45) is 2.24. The molecule has 2 rings (SSSR count). The van der Waals surface area contributed by atoms with Crippen molar-refractivity contribution >= 4 is 0 Å². The fourth-order valence-electron chi connectivity index (χ4n) is 2.20. The fourth-order valence-corrected chi connectivity index (χ4v) is 2.20. The van der Waals surface area contributed by atoms with Crippen LogP contribution in [0.25, 0.3) is 0 Å². The summed E-state index contributed by atoms with van der Waals surface area (Å²) in [6, 6.07) is 0. The Bertz CT molecular complexity index is 178. The fraction of sp³-hybridized carbons (Fsp3) is 1.00. The van der Waals surface area contributed by atoms with E-state index in [-0.39, 0.29) is 5.60 Å². The van der Waals surface area contributed by atoms with Crippen LogP contribution in [0.3, 0.4) is 0 Å². The summed E-state index contributed by atoms with van der Waals surface area (Å²) >= 11 is 0. The number of likely N-dealkylation sites (tertiary alicyclic amines) is 1. The second-order valence-corrected chi connectivity index (χ2v) is 4.31. The van der Waals surface area contributed by atoms with Gasteiger partial charge in [-0.25, -0.2) is 5.01 Å². The first-order valence-electron chi connectivity index (χ1n) is 5.02. The third-order valence-electron chi connectivity index (χ3n) is 3.18. The van der Waals surface area contributed by atoms with E-state index >= 15 is 0 Å². The van der Waals surface area contributed by atoms with Crippen LogP contribution in [0.5, 0.6) is 0 Å². The molecule has 2 fully saturated rings. The molecule has 0 bridgehead atoms. The summed E-state index contributed by atoms with van der Waals surface area (Å²) < 4.78 is 5.88. The Morgan fingerprint density at radius 2 is 1.92 bits per heavy atom. The van der Waals surface area contributed by atoms with Crippen LogP contribution in [0, 0.1) is 0 Å². The molecule has 0 saturated carbocycles. The molecule has 4 nitrogen and oxygen atoms in total. The normalized spacial score (nSPS) is 30.9. The van der Waals surface area contributed by atoms with E-state index in [2.05, 4.69) is 11.9 Å². The molecule has 76 valence electrons. The van der Waals surface area contributed by atoms with Gasteiger partial charge in [-0.2, -0.15) is 0 Å². The van der Waals surface area contributed by atoms with E-state index in [1.807, 2.05) is 5.01 Å². The number of morpholine rings is 1. The molecule has 13 heavy (non-hydrogen) atoms. The van der Waals surface area contributed by atoms with Crippen LogP contribution in [0.1, 0.15) is 12.8 Å². The molecule has 2 aliphatic rings. The van der Waals surface area contributed by atoms with Crippen LogP contribution < -0.4 is 5.84 Å². The molecule has 0 amide bonds. The Morgan fingerprint density at radius 1 is 1.23 bits per heavy atom. The highest BCUT2D eigenvalue weighted by molar-refractivity contribution is 4.91. The molecular formula is C9H19N3O. The molecule has 0 aromatic heterocycles. The second kappa shape index (κ2) is 3.53. The number of nitrogens with two attached hydrogens (primary N) is 1. The van der Waals surface area contributed by atoms with Gasteiger partial charge in [-0.15, -0.1) is 0 Å². The molecule has 0 atom stereocenters. The van der Waals surface area contributed by atoms with E-state index in [4.69, 9.17) is 10.6 Å². The Labute approximate surface area is 79.6 Å². The quantitative estimate of drug-likeness (QED) is 0.524. The van der Waals surface area contributed by atoms with E-state index in [0.29, 0.717) is 0 Å². The van der Waals surface area contributed by atoms with Gasteiger partial charge < -0.3 is 9.64 Å². The number of nitrogens with zero attached hydrogens (tertiary/aromatic N) is 2. The molecule has 0 aliphatic carbocycles. The number of hydrogen-bond donors (Lipinski definition) is 1. The van der Waals surface area contributed by atoms with Crippen molar-refractivity contribution in [1.82, 2.24) is 9.91 Å². The molecule has 2 N–H and O–H groups in total. The maximum atomic E-state index is 5.88. The highest BCUT2D eigenvalue weighted by Crippen LogP contribution is 2.28. The van der Waals surface area contributed by atoms with Crippen molar-refractivity contribution in [2.45, 2.75) is 18.4 Å². The lowest BCUT2D eigenvalue weighted by molar-refractivity contribution is -0.134. The molecular weight excluding hydrogens is 166 g/mol. The van der Waals surface area contributed by atoms with Crippen LogP contribution in [0.15, 0.2) is 0 Å². The van der Waals surface area contributed by atoms with Crippen molar-refractivity contribution in [3.8, 4) is 0 Å². The van der Waals surface area contributed by atoms with Crippen LogP contribution >= 0.6 is 0 Å². The molecule has 1 spiro atoms. The second-order valence-electron chi connectivity index (χ2n) is 4.31. The highest BCUT2D eigenvalue weighted by atomic mass is 16.5. The van der Waals surface area contributed by atoms with Crippen molar-refractivity contribution in [3.63, 3.8) is 0 Å². The van der Waals surface area contributed by atoms with E-state index < -0.39 is 0 Å². The third kappa shape index (κ3) is 2.02. The van der Waals surface area contributed by atoms with Gasteiger partial charge in [0.2, 0.25) is 0 Å². The molecule has 0 radical (unpaired) electrons. The average molecular weight is 185 g/mol. The van der Waals surface area contributed by atoms with E-state index in [9.17, 15) is 0 Å². The van der Waals surface area contributed by atoms with Gasteiger partial charge in [0.05, 0.1) is 12.2 Å². The molecule has 2 heterocycles. The van der Waals surface area contributed by atoms with Gasteiger partial charge in [0, 0.05) is 26.2 Å². The Hall–Kier alpha value is -0.160. The smallest absolute Gasteiger partial charge is 0.0847 e. The number of ether oxygens (including phenoxy) is 1. The zero-order chi connectivity index (χ0) is 9.31. The van der Waals surface area contributed by atoms with Gasteiger partial charge in [0.15, 0.2) is 0 Å². The van der Waals surface area contributed by atoms with Crippen molar-refractivity contribution in [2.24, 2.45) is 5.84 Å². The van der Waals surface area contributed by atoms with Crippen molar-refractivity contribution in [3.05, 3.63) is 0 Å². The maximum Gasteiger partial charge on any atom is 0.0847 e. The summed E-state index contributed by atoms with van der Waals surface area (Å²) in [5.74, 6) is 5.81. The first kappa shape index (κ1) is 9.40. The lowest BCUT2D eigenvalue weighted by Gasteiger charge is -2.45. The van der Waals surface area contributed by atoms with Crippen molar-refractivity contribution in [1.29, 1.82) is 0 Å². The first-order chi connectivity index (χ1) is 6.20. The Balaban J connectivity index is 1.95. The number of hydrogen-bond acceptors (Lipinski definition) is 4. The van der Waals surface area contributed by atoms with E-state index in [1.54, 1.807) is 0 Å². The zero-order valence-electron chi connectivity index (χ0n) is 8.33. The third-order valence-corrected chi connectivity index (χ3v) is 3.18. The zero-order valence-corrected chi connectivity index (χ0v) is 8.33. The minimum Gasteiger partial charge on any atom is -0.372 e. The van der Waals surface area contributed by atoms with Gasteiger partial charge in [0.25, 0.3) is 0 Å². The molecule has 4 heteroatoms. The molecule has 2 saturated heterocycles. The van der Waals surface area contributed by atoms with Gasteiger partial charge in [-0.3, -0.25) is 5.84 Å². The van der Waals surface area contributed by atoms with E-state index in [1.165, 1.54) is 0 Å². The van der Waals surface area contributed by atoms with Crippen LogP contribution in [0.2, 0.25) is 0 Å².